The number of ether oxygens (including phenoxy) is 1. The number of hydrogen-bond acceptors (Lipinski definition) is 4. The number of benzene rings is 2. The summed E-state index contributed by atoms with van der Waals surface area (Å²) in [6.07, 6.45) is 0. The second-order valence-corrected chi connectivity index (χ2v) is 7.65. The van der Waals surface area contributed by atoms with E-state index in [0.717, 1.165) is 5.56 Å². The number of carbonyl (C=O) groups is 2. The van der Waals surface area contributed by atoms with Crippen molar-refractivity contribution in [1.82, 2.24) is 9.80 Å². The van der Waals surface area contributed by atoms with Crippen LogP contribution in [0.5, 0.6) is 5.75 Å². The second-order valence-electron chi connectivity index (χ2n) is 7.22. The highest BCUT2D eigenvalue weighted by atomic mass is 35.5. The van der Waals surface area contributed by atoms with Crippen LogP contribution in [0.3, 0.4) is 0 Å². The van der Waals surface area contributed by atoms with E-state index in [1.54, 1.807) is 29.2 Å². The molecule has 168 valence electrons. The molecule has 1 fully saturated rings. The molecule has 3 N–H and O–H groups in total. The molecule has 1 heterocycles. The van der Waals surface area contributed by atoms with Gasteiger partial charge in [-0.3, -0.25) is 9.69 Å². The molecule has 10 heteroatoms. The second kappa shape index (κ2) is 11.2. The zero-order chi connectivity index (χ0) is 21.7. The number of anilines is 1. The predicted octanol–water partition coefficient (Wildman–Crippen LogP) is 3.50. The molecular formula is C21H25Cl2FN4O3. The van der Waals surface area contributed by atoms with Crippen molar-refractivity contribution in [2.75, 3.05) is 31.6 Å². The van der Waals surface area contributed by atoms with Gasteiger partial charge >= 0.3 is 6.03 Å². The fourth-order valence-corrected chi connectivity index (χ4v) is 3.65. The van der Waals surface area contributed by atoms with Crippen LogP contribution in [-0.4, -0.2) is 54.0 Å². The maximum Gasteiger partial charge on any atom is 0.316 e. The molecule has 3 rings (SSSR count). The first kappa shape index (κ1) is 24.7. The van der Waals surface area contributed by atoms with Crippen LogP contribution in [0.1, 0.15) is 12.5 Å². The maximum absolute atomic E-state index is 13.1. The standard InChI is InChI=1S/C21H24ClFN4O3.ClH/c1-14-11-26(12-15-2-5-17(23)6-3-15)8-9-27(14)20(28)13-30-19-7-4-16(22)10-18(19)25-21(24)29;/h2-7,10,14H,8-9,11-13H2,1H3,(H3,24,25,29);1H. The minimum atomic E-state index is -0.751. The van der Waals surface area contributed by atoms with Crippen molar-refractivity contribution < 1.29 is 18.7 Å². The molecule has 1 unspecified atom stereocenters. The van der Waals surface area contributed by atoms with Crippen LogP contribution < -0.4 is 15.8 Å². The van der Waals surface area contributed by atoms with E-state index in [0.29, 0.717) is 42.6 Å². The zero-order valence-corrected chi connectivity index (χ0v) is 18.6. The number of nitrogens with one attached hydrogen (secondary N) is 1. The molecule has 0 spiro atoms. The number of nitrogens with zero attached hydrogens (tertiary/aromatic N) is 2. The summed E-state index contributed by atoms with van der Waals surface area (Å²) < 4.78 is 18.7. The van der Waals surface area contributed by atoms with Gasteiger partial charge in [-0.1, -0.05) is 23.7 Å². The monoisotopic (exact) mass is 470 g/mol. The molecule has 1 saturated heterocycles. The lowest BCUT2D eigenvalue weighted by molar-refractivity contribution is -0.137. The highest BCUT2D eigenvalue weighted by molar-refractivity contribution is 6.31. The number of piperazine rings is 1. The van der Waals surface area contributed by atoms with Crippen molar-refractivity contribution in [2.45, 2.75) is 19.5 Å². The molecule has 1 aliphatic heterocycles. The van der Waals surface area contributed by atoms with Gasteiger partial charge in [0.25, 0.3) is 5.91 Å². The molecule has 0 aromatic heterocycles. The molecule has 1 atom stereocenters. The lowest BCUT2D eigenvalue weighted by Gasteiger charge is -2.39. The smallest absolute Gasteiger partial charge is 0.316 e. The minimum Gasteiger partial charge on any atom is -0.482 e. The highest BCUT2D eigenvalue weighted by Gasteiger charge is 2.27. The van der Waals surface area contributed by atoms with Crippen molar-refractivity contribution in [3.63, 3.8) is 0 Å². The van der Waals surface area contributed by atoms with E-state index in [2.05, 4.69) is 10.2 Å². The first-order valence-corrected chi connectivity index (χ1v) is 9.94. The van der Waals surface area contributed by atoms with Crippen molar-refractivity contribution in [3.05, 3.63) is 58.9 Å². The molecule has 2 aromatic rings. The van der Waals surface area contributed by atoms with Crippen LogP contribution in [-0.2, 0) is 11.3 Å². The van der Waals surface area contributed by atoms with Crippen LogP contribution in [0, 0.1) is 5.82 Å². The van der Waals surface area contributed by atoms with Crippen molar-refractivity contribution in [2.24, 2.45) is 5.73 Å². The lowest BCUT2D eigenvalue weighted by atomic mass is 10.1. The number of rotatable bonds is 6. The summed E-state index contributed by atoms with van der Waals surface area (Å²) in [7, 11) is 0. The molecule has 2 aromatic carbocycles. The summed E-state index contributed by atoms with van der Waals surface area (Å²) in [4.78, 5) is 27.8. The van der Waals surface area contributed by atoms with E-state index in [9.17, 15) is 14.0 Å². The quantitative estimate of drug-likeness (QED) is 0.675. The van der Waals surface area contributed by atoms with Gasteiger partial charge in [0.05, 0.1) is 5.69 Å². The molecule has 1 aliphatic rings. The van der Waals surface area contributed by atoms with Gasteiger partial charge in [0.2, 0.25) is 0 Å². The lowest BCUT2D eigenvalue weighted by Crippen LogP contribution is -2.54. The van der Waals surface area contributed by atoms with Gasteiger partial charge in [0.15, 0.2) is 6.61 Å². The van der Waals surface area contributed by atoms with Crippen LogP contribution in [0.25, 0.3) is 0 Å². The van der Waals surface area contributed by atoms with Gasteiger partial charge in [-0.25, -0.2) is 9.18 Å². The van der Waals surface area contributed by atoms with Crippen molar-refractivity contribution >= 4 is 41.6 Å². The highest BCUT2D eigenvalue weighted by Crippen LogP contribution is 2.28. The fourth-order valence-electron chi connectivity index (χ4n) is 3.48. The maximum atomic E-state index is 13.1. The van der Waals surface area contributed by atoms with E-state index in [-0.39, 0.29) is 36.8 Å². The Morgan fingerprint density at radius 3 is 2.58 bits per heavy atom. The van der Waals surface area contributed by atoms with Crippen LogP contribution in [0.4, 0.5) is 14.9 Å². The summed E-state index contributed by atoms with van der Waals surface area (Å²) >= 11 is 5.94. The third-order valence-corrected chi connectivity index (χ3v) is 5.14. The molecule has 31 heavy (non-hydrogen) atoms. The molecule has 7 nitrogen and oxygen atoms in total. The minimum absolute atomic E-state index is 0. The summed E-state index contributed by atoms with van der Waals surface area (Å²) in [5.74, 6) is -0.0875. The summed E-state index contributed by atoms with van der Waals surface area (Å²) in [5.41, 5.74) is 6.50. The van der Waals surface area contributed by atoms with Gasteiger partial charge in [-0.15, -0.1) is 12.4 Å². The Labute approximate surface area is 191 Å². The largest absolute Gasteiger partial charge is 0.482 e. The van der Waals surface area contributed by atoms with E-state index in [1.165, 1.54) is 18.2 Å². The van der Waals surface area contributed by atoms with Gasteiger partial charge in [-0.2, -0.15) is 0 Å². The fraction of sp³-hybridized carbons (Fsp3) is 0.333. The Hall–Kier alpha value is -2.55. The first-order chi connectivity index (χ1) is 14.3. The Bertz CT molecular complexity index is 914. The summed E-state index contributed by atoms with van der Waals surface area (Å²) in [5, 5.41) is 2.84. The van der Waals surface area contributed by atoms with Gasteiger partial charge < -0.3 is 20.7 Å². The molecular weight excluding hydrogens is 446 g/mol. The Morgan fingerprint density at radius 2 is 1.94 bits per heavy atom. The predicted molar refractivity (Wildman–Crippen MR) is 120 cm³/mol. The number of carbonyl (C=O) groups excluding carboxylic acids is 2. The van der Waals surface area contributed by atoms with Crippen LogP contribution in [0.2, 0.25) is 5.02 Å². The number of nitrogens with two attached hydrogens (primary N) is 1. The van der Waals surface area contributed by atoms with Gasteiger partial charge in [0, 0.05) is 37.2 Å². The normalized spacial score (nSPS) is 16.4. The summed E-state index contributed by atoms with van der Waals surface area (Å²) in [6, 6.07) is 10.4. The number of urea groups is 1. The Kier molecular flexibility index (Phi) is 8.91. The zero-order valence-electron chi connectivity index (χ0n) is 17.0. The topological polar surface area (TPSA) is 87.9 Å². The number of primary amides is 1. The van der Waals surface area contributed by atoms with Crippen molar-refractivity contribution in [3.8, 4) is 5.75 Å². The Morgan fingerprint density at radius 1 is 1.23 bits per heavy atom. The Balaban J connectivity index is 0.00000341. The van der Waals surface area contributed by atoms with Crippen molar-refractivity contribution in [1.29, 1.82) is 0 Å². The van der Waals surface area contributed by atoms with Crippen LogP contribution in [0.15, 0.2) is 42.5 Å². The van der Waals surface area contributed by atoms with Gasteiger partial charge in [0.1, 0.15) is 11.6 Å². The number of halogens is 3. The molecule has 3 amide bonds. The molecule has 0 radical (unpaired) electrons. The molecule has 0 bridgehead atoms. The average Bonchev–Trinajstić information content (AvgIpc) is 2.68. The van der Waals surface area contributed by atoms with Gasteiger partial charge in [-0.05, 0) is 42.8 Å². The third-order valence-electron chi connectivity index (χ3n) is 4.90. The molecule has 0 saturated carbocycles. The summed E-state index contributed by atoms with van der Waals surface area (Å²) in [6.45, 7) is 4.50. The van der Waals surface area contributed by atoms with E-state index >= 15 is 0 Å². The third kappa shape index (κ3) is 6.99. The number of hydrogen-bond donors (Lipinski definition) is 2. The van der Waals surface area contributed by atoms with E-state index in [4.69, 9.17) is 22.1 Å². The first-order valence-electron chi connectivity index (χ1n) is 9.57. The van der Waals surface area contributed by atoms with E-state index in [1.807, 2.05) is 6.92 Å². The number of amides is 3. The van der Waals surface area contributed by atoms with Crippen LogP contribution >= 0.6 is 24.0 Å². The molecule has 0 aliphatic carbocycles. The SMILES string of the molecule is CC1CN(Cc2ccc(F)cc2)CCN1C(=O)COc1ccc(Cl)cc1NC(N)=O.Cl. The average molecular weight is 471 g/mol. The van der Waals surface area contributed by atoms with E-state index < -0.39 is 6.03 Å².